The number of nitrogens with zero attached hydrogens (tertiary/aromatic N) is 2. The van der Waals surface area contributed by atoms with Crippen LogP contribution in [0.2, 0.25) is 0 Å². The Morgan fingerprint density at radius 3 is 2.61 bits per heavy atom. The molecule has 9 heteroatoms. The van der Waals surface area contributed by atoms with Gasteiger partial charge < -0.3 is 20.7 Å². The number of nitrogens with one attached hydrogen (secondary N) is 3. The lowest BCUT2D eigenvalue weighted by Crippen LogP contribution is -2.50. The maximum absolute atomic E-state index is 12.2. The predicted molar refractivity (Wildman–Crippen MR) is 127 cm³/mol. The Bertz CT molecular complexity index is 603. The number of guanidine groups is 1. The van der Waals surface area contributed by atoms with Crippen molar-refractivity contribution in [1.29, 1.82) is 0 Å². The summed E-state index contributed by atoms with van der Waals surface area (Å²) < 4.78 is 5.50. The third kappa shape index (κ3) is 7.49. The molecule has 0 saturated carbocycles. The molecule has 28 heavy (non-hydrogen) atoms. The summed E-state index contributed by atoms with van der Waals surface area (Å²) >= 11 is 1.78. The molecule has 1 aliphatic heterocycles. The first kappa shape index (κ1) is 25.1. The number of hydrogen-bond acceptors (Lipinski definition) is 5. The van der Waals surface area contributed by atoms with E-state index < -0.39 is 5.41 Å². The van der Waals surface area contributed by atoms with Crippen LogP contribution in [0.15, 0.2) is 22.5 Å². The van der Waals surface area contributed by atoms with Crippen LogP contribution in [0.1, 0.15) is 31.7 Å². The molecule has 1 fully saturated rings. The third-order valence-corrected chi connectivity index (χ3v) is 5.67. The number of ether oxygens (including phenoxy) is 1. The van der Waals surface area contributed by atoms with Gasteiger partial charge in [0.25, 0.3) is 0 Å². The monoisotopic (exact) mass is 523 g/mol. The third-order valence-electron chi connectivity index (χ3n) is 4.69. The first-order valence-electron chi connectivity index (χ1n) is 9.56. The summed E-state index contributed by atoms with van der Waals surface area (Å²) in [5, 5.41) is 11.7. The van der Waals surface area contributed by atoms with Gasteiger partial charge in [-0.05, 0) is 32.2 Å². The van der Waals surface area contributed by atoms with Gasteiger partial charge in [-0.15, -0.1) is 35.3 Å². The van der Waals surface area contributed by atoms with E-state index in [9.17, 15) is 4.79 Å². The van der Waals surface area contributed by atoms with E-state index in [1.54, 1.807) is 18.4 Å². The highest BCUT2D eigenvalue weighted by atomic mass is 127. The van der Waals surface area contributed by atoms with Crippen molar-refractivity contribution in [3.05, 3.63) is 22.4 Å². The molecule has 160 valence electrons. The Kier molecular flexibility index (Phi) is 11.3. The van der Waals surface area contributed by atoms with Crippen molar-refractivity contribution in [2.24, 2.45) is 10.4 Å². The molecular formula is C19H34IN5O2S. The largest absolute Gasteiger partial charge is 0.379 e. The zero-order chi connectivity index (χ0) is 19.7. The molecule has 1 atom stereocenters. The molecule has 2 heterocycles. The van der Waals surface area contributed by atoms with Crippen LogP contribution in [-0.4, -0.2) is 69.8 Å². The van der Waals surface area contributed by atoms with Crippen LogP contribution in [0.5, 0.6) is 0 Å². The fourth-order valence-corrected chi connectivity index (χ4v) is 3.84. The fraction of sp³-hybridized carbons (Fsp3) is 0.684. The van der Waals surface area contributed by atoms with E-state index in [1.807, 2.05) is 20.8 Å². The van der Waals surface area contributed by atoms with E-state index in [1.165, 1.54) is 4.88 Å². The SMILES string of the molecule is CCNC(=O)C(C)(C)CNC(=NC)NCC(c1cccs1)N1CCOCC1.I. The molecule has 1 aromatic heterocycles. The number of carbonyl (C=O) groups excluding carboxylic acids is 1. The summed E-state index contributed by atoms with van der Waals surface area (Å²) in [5.74, 6) is 0.750. The number of thiophene rings is 1. The molecular weight excluding hydrogens is 489 g/mol. The van der Waals surface area contributed by atoms with Crippen LogP contribution in [-0.2, 0) is 9.53 Å². The van der Waals surface area contributed by atoms with Gasteiger partial charge >= 0.3 is 0 Å². The van der Waals surface area contributed by atoms with Gasteiger partial charge in [0, 0.05) is 44.6 Å². The second kappa shape index (κ2) is 12.6. The molecule has 0 bridgehead atoms. The Balaban J connectivity index is 0.00000392. The topological polar surface area (TPSA) is 78.0 Å². The van der Waals surface area contributed by atoms with Gasteiger partial charge in [-0.2, -0.15) is 0 Å². The van der Waals surface area contributed by atoms with Crippen molar-refractivity contribution >= 4 is 47.2 Å². The molecule has 3 N–H and O–H groups in total. The molecule has 1 unspecified atom stereocenters. The first-order chi connectivity index (χ1) is 13.0. The lowest BCUT2D eigenvalue weighted by Gasteiger charge is -2.34. The van der Waals surface area contributed by atoms with E-state index >= 15 is 0 Å². The average molecular weight is 523 g/mol. The summed E-state index contributed by atoms with van der Waals surface area (Å²) in [5.41, 5.74) is -0.509. The summed E-state index contributed by atoms with van der Waals surface area (Å²) in [7, 11) is 1.75. The van der Waals surface area contributed by atoms with Crippen molar-refractivity contribution in [2.75, 3.05) is 53.0 Å². The van der Waals surface area contributed by atoms with Crippen LogP contribution in [0.3, 0.4) is 0 Å². The Hall–Kier alpha value is -0.910. The van der Waals surface area contributed by atoms with Crippen LogP contribution < -0.4 is 16.0 Å². The Labute approximate surface area is 189 Å². The van der Waals surface area contributed by atoms with Gasteiger partial charge in [-0.25, -0.2) is 0 Å². The minimum atomic E-state index is -0.509. The molecule has 0 radical (unpaired) electrons. The Morgan fingerprint density at radius 2 is 2.04 bits per heavy atom. The quantitative estimate of drug-likeness (QED) is 0.276. The molecule has 1 aliphatic rings. The summed E-state index contributed by atoms with van der Waals surface area (Å²) in [4.78, 5) is 20.3. The van der Waals surface area contributed by atoms with Crippen LogP contribution >= 0.6 is 35.3 Å². The number of carbonyl (C=O) groups is 1. The van der Waals surface area contributed by atoms with Crippen molar-refractivity contribution < 1.29 is 9.53 Å². The van der Waals surface area contributed by atoms with E-state index in [0.29, 0.717) is 19.0 Å². The van der Waals surface area contributed by atoms with Gasteiger partial charge in [0.2, 0.25) is 5.91 Å². The van der Waals surface area contributed by atoms with Crippen molar-refractivity contribution in [1.82, 2.24) is 20.9 Å². The summed E-state index contributed by atoms with van der Waals surface area (Å²) in [6.45, 7) is 11.1. The number of aliphatic imine (C=N–C) groups is 1. The highest BCUT2D eigenvalue weighted by Crippen LogP contribution is 2.25. The highest BCUT2D eigenvalue weighted by Gasteiger charge is 2.28. The number of morpholine rings is 1. The van der Waals surface area contributed by atoms with Crippen molar-refractivity contribution in [2.45, 2.75) is 26.8 Å². The molecule has 0 aliphatic carbocycles. The number of halogens is 1. The van der Waals surface area contributed by atoms with E-state index in [4.69, 9.17) is 4.74 Å². The minimum Gasteiger partial charge on any atom is -0.379 e. The molecule has 7 nitrogen and oxygen atoms in total. The molecule has 1 saturated heterocycles. The Morgan fingerprint density at radius 1 is 1.32 bits per heavy atom. The fourth-order valence-electron chi connectivity index (χ4n) is 2.98. The lowest BCUT2D eigenvalue weighted by atomic mass is 9.92. The normalized spacial score (nSPS) is 16.8. The van der Waals surface area contributed by atoms with Crippen molar-refractivity contribution in [3.8, 4) is 0 Å². The van der Waals surface area contributed by atoms with E-state index in [2.05, 4.69) is 43.4 Å². The molecule has 2 rings (SSSR count). The molecule has 1 aromatic rings. The van der Waals surface area contributed by atoms with Gasteiger partial charge in [-0.3, -0.25) is 14.7 Å². The molecule has 1 amide bonds. The zero-order valence-electron chi connectivity index (χ0n) is 17.3. The van der Waals surface area contributed by atoms with Crippen molar-refractivity contribution in [3.63, 3.8) is 0 Å². The highest BCUT2D eigenvalue weighted by molar-refractivity contribution is 14.0. The zero-order valence-corrected chi connectivity index (χ0v) is 20.4. The summed E-state index contributed by atoms with van der Waals surface area (Å²) in [6.07, 6.45) is 0. The minimum absolute atomic E-state index is 0. The van der Waals surface area contributed by atoms with Crippen LogP contribution in [0.4, 0.5) is 0 Å². The van der Waals surface area contributed by atoms with Gasteiger partial charge in [0.05, 0.1) is 24.7 Å². The maximum Gasteiger partial charge on any atom is 0.227 e. The average Bonchev–Trinajstić information content (AvgIpc) is 3.20. The van der Waals surface area contributed by atoms with Gasteiger partial charge in [0.1, 0.15) is 0 Å². The smallest absolute Gasteiger partial charge is 0.227 e. The standard InChI is InChI=1S/C19H33N5O2S.HI/c1-5-21-17(25)19(2,3)14-23-18(20-4)22-13-15(16-7-6-12-27-16)24-8-10-26-11-9-24;/h6-7,12,15H,5,8-11,13-14H2,1-4H3,(H,21,25)(H2,20,22,23);1H. The number of amides is 1. The molecule has 0 aromatic carbocycles. The predicted octanol–water partition coefficient (Wildman–Crippen LogP) is 2.07. The lowest BCUT2D eigenvalue weighted by molar-refractivity contribution is -0.128. The second-order valence-corrected chi connectivity index (χ2v) is 8.21. The van der Waals surface area contributed by atoms with E-state index in [-0.39, 0.29) is 35.9 Å². The van der Waals surface area contributed by atoms with Gasteiger partial charge in [0.15, 0.2) is 5.96 Å². The molecule has 0 spiro atoms. The maximum atomic E-state index is 12.2. The van der Waals surface area contributed by atoms with Crippen LogP contribution in [0, 0.1) is 5.41 Å². The number of hydrogen-bond donors (Lipinski definition) is 3. The van der Waals surface area contributed by atoms with Crippen LogP contribution in [0.25, 0.3) is 0 Å². The summed E-state index contributed by atoms with van der Waals surface area (Å²) in [6, 6.07) is 4.56. The second-order valence-electron chi connectivity index (χ2n) is 7.23. The first-order valence-corrected chi connectivity index (χ1v) is 10.4. The van der Waals surface area contributed by atoms with Gasteiger partial charge in [-0.1, -0.05) is 6.07 Å². The number of rotatable bonds is 8. The van der Waals surface area contributed by atoms with E-state index in [0.717, 1.165) is 32.8 Å².